The number of aromatic amines is 1. The normalized spacial score (nSPS) is 10.2. The zero-order chi connectivity index (χ0) is 9.10. The van der Waals surface area contributed by atoms with E-state index in [2.05, 4.69) is 27.6 Å². The third-order valence-electron chi connectivity index (χ3n) is 1.72. The summed E-state index contributed by atoms with van der Waals surface area (Å²) in [6.45, 7) is 0. The first-order valence-corrected chi connectivity index (χ1v) is 4.60. The van der Waals surface area contributed by atoms with Crippen molar-refractivity contribution < 1.29 is 0 Å². The Kier molecular flexibility index (Phi) is 2.31. The standard InChI is InChI=1S/C9H9N3S/c13-6-9-11-5-3-8(12-9)7-2-1-4-10-7/h1-5,10,13H,6H2. The zero-order valence-corrected chi connectivity index (χ0v) is 7.83. The molecule has 1 N–H and O–H groups in total. The average Bonchev–Trinajstić information content (AvgIpc) is 2.71. The molecule has 66 valence electrons. The molecule has 0 aliphatic carbocycles. The number of hydrogen-bond donors (Lipinski definition) is 2. The molecule has 0 saturated heterocycles. The molecule has 2 heterocycles. The fourth-order valence-corrected chi connectivity index (χ4v) is 1.27. The van der Waals surface area contributed by atoms with Gasteiger partial charge < -0.3 is 4.98 Å². The van der Waals surface area contributed by atoms with Gasteiger partial charge in [-0.3, -0.25) is 0 Å². The third kappa shape index (κ3) is 1.72. The lowest BCUT2D eigenvalue weighted by Crippen LogP contribution is -1.92. The maximum atomic E-state index is 4.31. The summed E-state index contributed by atoms with van der Waals surface area (Å²) in [6.07, 6.45) is 3.62. The quantitative estimate of drug-likeness (QED) is 0.712. The Labute approximate surface area is 81.7 Å². The predicted octanol–water partition coefficient (Wildman–Crippen LogP) is 1.90. The molecule has 0 spiro atoms. The molecule has 4 heteroatoms. The van der Waals surface area contributed by atoms with E-state index >= 15 is 0 Å². The second-order valence-electron chi connectivity index (χ2n) is 2.60. The smallest absolute Gasteiger partial charge is 0.138 e. The first-order chi connectivity index (χ1) is 6.40. The molecule has 0 aromatic carbocycles. The van der Waals surface area contributed by atoms with Crippen molar-refractivity contribution in [1.82, 2.24) is 15.0 Å². The van der Waals surface area contributed by atoms with E-state index in [-0.39, 0.29) is 0 Å². The summed E-state index contributed by atoms with van der Waals surface area (Å²) in [5, 5.41) is 0. The summed E-state index contributed by atoms with van der Waals surface area (Å²) in [6, 6.07) is 5.79. The summed E-state index contributed by atoms with van der Waals surface area (Å²) in [5.74, 6) is 1.31. The Balaban J connectivity index is 2.41. The van der Waals surface area contributed by atoms with Gasteiger partial charge >= 0.3 is 0 Å². The van der Waals surface area contributed by atoms with Crippen molar-refractivity contribution in [3.05, 3.63) is 36.4 Å². The number of H-pyrrole nitrogens is 1. The van der Waals surface area contributed by atoms with E-state index in [0.717, 1.165) is 17.2 Å². The zero-order valence-electron chi connectivity index (χ0n) is 6.94. The maximum absolute atomic E-state index is 4.31. The molecule has 3 nitrogen and oxygen atoms in total. The Hall–Kier alpha value is -1.29. The molecule has 2 aromatic heterocycles. The molecular weight excluding hydrogens is 182 g/mol. The summed E-state index contributed by atoms with van der Waals surface area (Å²) in [5.41, 5.74) is 1.91. The lowest BCUT2D eigenvalue weighted by Gasteiger charge is -1.98. The van der Waals surface area contributed by atoms with Crippen LogP contribution < -0.4 is 0 Å². The van der Waals surface area contributed by atoms with E-state index in [0.29, 0.717) is 5.75 Å². The minimum atomic E-state index is 0.564. The lowest BCUT2D eigenvalue weighted by molar-refractivity contribution is 1.04. The molecule has 0 bridgehead atoms. The Bertz CT molecular complexity index is 384. The van der Waals surface area contributed by atoms with Crippen LogP contribution in [0.3, 0.4) is 0 Å². The lowest BCUT2D eigenvalue weighted by atomic mass is 10.3. The number of hydrogen-bond acceptors (Lipinski definition) is 3. The van der Waals surface area contributed by atoms with Crippen LogP contribution in [0.15, 0.2) is 30.6 Å². The highest BCUT2D eigenvalue weighted by atomic mass is 32.1. The fourth-order valence-electron chi connectivity index (χ4n) is 1.11. The average molecular weight is 191 g/mol. The SMILES string of the molecule is SCc1nccc(-c2ccc[nH]2)n1. The summed E-state index contributed by atoms with van der Waals surface area (Å²) >= 11 is 4.12. The van der Waals surface area contributed by atoms with Crippen LogP contribution in [0, 0.1) is 0 Å². The van der Waals surface area contributed by atoms with Gasteiger partial charge in [-0.1, -0.05) is 0 Å². The second kappa shape index (κ2) is 3.62. The summed E-state index contributed by atoms with van der Waals surface area (Å²) in [4.78, 5) is 11.5. The summed E-state index contributed by atoms with van der Waals surface area (Å²) in [7, 11) is 0. The molecule has 0 radical (unpaired) electrons. The fraction of sp³-hybridized carbons (Fsp3) is 0.111. The van der Waals surface area contributed by atoms with Crippen LogP contribution in [-0.2, 0) is 5.75 Å². The number of rotatable bonds is 2. The van der Waals surface area contributed by atoms with Gasteiger partial charge in [0.25, 0.3) is 0 Å². The molecule has 0 saturated carbocycles. The first kappa shape index (κ1) is 8.31. The Morgan fingerprint density at radius 1 is 1.38 bits per heavy atom. The molecule has 0 aliphatic rings. The molecular formula is C9H9N3S. The van der Waals surface area contributed by atoms with Crippen molar-refractivity contribution in [1.29, 1.82) is 0 Å². The summed E-state index contributed by atoms with van der Waals surface area (Å²) < 4.78 is 0. The molecule has 0 atom stereocenters. The predicted molar refractivity (Wildman–Crippen MR) is 54.5 cm³/mol. The molecule has 0 aliphatic heterocycles. The molecule has 13 heavy (non-hydrogen) atoms. The van der Waals surface area contributed by atoms with E-state index < -0.39 is 0 Å². The number of nitrogens with one attached hydrogen (secondary N) is 1. The van der Waals surface area contributed by atoms with Gasteiger partial charge in [0.2, 0.25) is 0 Å². The van der Waals surface area contributed by atoms with Crippen LogP contribution in [0.5, 0.6) is 0 Å². The third-order valence-corrected chi connectivity index (χ3v) is 2.00. The minimum Gasteiger partial charge on any atom is -0.360 e. The Morgan fingerprint density at radius 3 is 3.00 bits per heavy atom. The van der Waals surface area contributed by atoms with E-state index in [1.807, 2.05) is 24.4 Å². The van der Waals surface area contributed by atoms with Gasteiger partial charge in [-0.2, -0.15) is 12.6 Å². The van der Waals surface area contributed by atoms with Crippen molar-refractivity contribution in [3.8, 4) is 11.4 Å². The number of thiol groups is 1. The van der Waals surface area contributed by atoms with Gasteiger partial charge in [0.15, 0.2) is 0 Å². The van der Waals surface area contributed by atoms with Crippen LogP contribution in [0.1, 0.15) is 5.82 Å². The van der Waals surface area contributed by atoms with E-state index in [1.54, 1.807) is 6.20 Å². The van der Waals surface area contributed by atoms with Crippen molar-refractivity contribution >= 4 is 12.6 Å². The van der Waals surface area contributed by atoms with Crippen LogP contribution in [0.25, 0.3) is 11.4 Å². The van der Waals surface area contributed by atoms with E-state index in [1.165, 1.54) is 0 Å². The van der Waals surface area contributed by atoms with Gasteiger partial charge in [0, 0.05) is 12.4 Å². The van der Waals surface area contributed by atoms with Gasteiger partial charge in [0.1, 0.15) is 5.82 Å². The monoisotopic (exact) mass is 191 g/mol. The molecule has 0 unspecified atom stereocenters. The molecule has 2 aromatic rings. The highest BCUT2D eigenvalue weighted by Gasteiger charge is 2.00. The van der Waals surface area contributed by atoms with Crippen molar-refractivity contribution in [3.63, 3.8) is 0 Å². The molecule has 0 amide bonds. The van der Waals surface area contributed by atoms with Crippen LogP contribution >= 0.6 is 12.6 Å². The van der Waals surface area contributed by atoms with Crippen molar-refractivity contribution in [2.24, 2.45) is 0 Å². The topological polar surface area (TPSA) is 41.6 Å². The van der Waals surface area contributed by atoms with Crippen LogP contribution in [-0.4, -0.2) is 15.0 Å². The van der Waals surface area contributed by atoms with E-state index in [9.17, 15) is 0 Å². The van der Waals surface area contributed by atoms with Gasteiger partial charge in [-0.25, -0.2) is 9.97 Å². The van der Waals surface area contributed by atoms with Gasteiger partial charge in [0.05, 0.1) is 17.1 Å². The molecule has 0 fully saturated rings. The maximum Gasteiger partial charge on any atom is 0.138 e. The van der Waals surface area contributed by atoms with Crippen molar-refractivity contribution in [2.45, 2.75) is 5.75 Å². The van der Waals surface area contributed by atoms with Gasteiger partial charge in [-0.05, 0) is 18.2 Å². The van der Waals surface area contributed by atoms with Crippen molar-refractivity contribution in [2.75, 3.05) is 0 Å². The number of aromatic nitrogens is 3. The molecule has 2 rings (SSSR count). The highest BCUT2D eigenvalue weighted by molar-refractivity contribution is 7.79. The largest absolute Gasteiger partial charge is 0.360 e. The van der Waals surface area contributed by atoms with Gasteiger partial charge in [-0.15, -0.1) is 0 Å². The van der Waals surface area contributed by atoms with Crippen LogP contribution in [0.2, 0.25) is 0 Å². The number of nitrogens with zero attached hydrogens (tertiary/aromatic N) is 2. The highest BCUT2D eigenvalue weighted by Crippen LogP contribution is 2.13. The minimum absolute atomic E-state index is 0.564. The Morgan fingerprint density at radius 2 is 2.31 bits per heavy atom. The first-order valence-electron chi connectivity index (χ1n) is 3.96. The second-order valence-corrected chi connectivity index (χ2v) is 2.92. The van der Waals surface area contributed by atoms with Crippen LogP contribution in [0.4, 0.5) is 0 Å². The van der Waals surface area contributed by atoms with E-state index in [4.69, 9.17) is 0 Å².